The molecule has 1 amide bonds. The number of carbonyl (C=O) groups is 1. The second kappa shape index (κ2) is 7.33. The van der Waals surface area contributed by atoms with E-state index in [9.17, 15) is 9.90 Å². The summed E-state index contributed by atoms with van der Waals surface area (Å²) >= 11 is 0. The molecule has 0 heterocycles. The van der Waals surface area contributed by atoms with Gasteiger partial charge in [-0.1, -0.05) is 30.3 Å². The lowest BCUT2D eigenvalue weighted by Gasteiger charge is -2.07. The number of phenols is 1. The fourth-order valence-electron chi connectivity index (χ4n) is 2.00. The molecule has 0 saturated carbocycles. The Morgan fingerprint density at radius 3 is 2.52 bits per heavy atom. The van der Waals surface area contributed by atoms with Crippen molar-refractivity contribution in [2.75, 3.05) is 7.11 Å². The van der Waals surface area contributed by atoms with Gasteiger partial charge >= 0.3 is 0 Å². The van der Waals surface area contributed by atoms with Crippen LogP contribution in [0.1, 0.15) is 17.5 Å². The number of amides is 1. The first-order chi connectivity index (χ1) is 10.2. The van der Waals surface area contributed by atoms with Crippen LogP contribution in [0.15, 0.2) is 48.5 Å². The Labute approximate surface area is 124 Å². The third-order valence-electron chi connectivity index (χ3n) is 3.26. The van der Waals surface area contributed by atoms with Gasteiger partial charge < -0.3 is 15.2 Å². The molecule has 2 N–H and O–H groups in total. The number of para-hydroxylation sites is 1. The number of hydrogen-bond donors (Lipinski definition) is 2. The van der Waals surface area contributed by atoms with Gasteiger partial charge in [0.1, 0.15) is 11.5 Å². The van der Waals surface area contributed by atoms with E-state index < -0.39 is 0 Å². The Morgan fingerprint density at radius 1 is 1.14 bits per heavy atom. The third-order valence-corrected chi connectivity index (χ3v) is 3.26. The highest BCUT2D eigenvalue weighted by atomic mass is 16.5. The zero-order valence-corrected chi connectivity index (χ0v) is 12.0. The van der Waals surface area contributed by atoms with Crippen molar-refractivity contribution in [3.63, 3.8) is 0 Å². The highest BCUT2D eigenvalue weighted by molar-refractivity contribution is 5.76. The van der Waals surface area contributed by atoms with Gasteiger partial charge in [0.05, 0.1) is 7.11 Å². The SMILES string of the molecule is COc1ccc(CNC(=O)CCc2ccccc2O)cc1. The van der Waals surface area contributed by atoms with E-state index >= 15 is 0 Å². The average Bonchev–Trinajstić information content (AvgIpc) is 2.52. The van der Waals surface area contributed by atoms with Gasteiger partial charge in [-0.25, -0.2) is 0 Å². The van der Waals surface area contributed by atoms with E-state index in [1.807, 2.05) is 36.4 Å². The summed E-state index contributed by atoms with van der Waals surface area (Å²) in [7, 11) is 1.62. The molecular weight excluding hydrogens is 266 g/mol. The van der Waals surface area contributed by atoms with Crippen LogP contribution in [0.5, 0.6) is 11.5 Å². The second-order valence-corrected chi connectivity index (χ2v) is 4.75. The average molecular weight is 285 g/mol. The number of phenolic OH excluding ortho intramolecular Hbond substituents is 1. The summed E-state index contributed by atoms with van der Waals surface area (Å²) in [6, 6.07) is 14.6. The number of methoxy groups -OCH3 is 1. The first-order valence-corrected chi connectivity index (χ1v) is 6.85. The van der Waals surface area contributed by atoms with Crippen molar-refractivity contribution < 1.29 is 14.6 Å². The van der Waals surface area contributed by atoms with Gasteiger partial charge in [-0.05, 0) is 35.7 Å². The molecule has 0 aliphatic rings. The van der Waals surface area contributed by atoms with Crippen molar-refractivity contribution in [3.05, 3.63) is 59.7 Å². The van der Waals surface area contributed by atoms with Crippen LogP contribution in [0.25, 0.3) is 0 Å². The smallest absolute Gasteiger partial charge is 0.220 e. The molecule has 0 unspecified atom stereocenters. The van der Waals surface area contributed by atoms with E-state index in [2.05, 4.69) is 5.32 Å². The van der Waals surface area contributed by atoms with Gasteiger partial charge in [0.15, 0.2) is 0 Å². The van der Waals surface area contributed by atoms with Crippen LogP contribution in [0.3, 0.4) is 0 Å². The molecular formula is C17H19NO3. The summed E-state index contributed by atoms with van der Waals surface area (Å²) in [6.07, 6.45) is 0.884. The summed E-state index contributed by atoms with van der Waals surface area (Å²) < 4.78 is 5.08. The first kappa shape index (κ1) is 14.9. The Kier molecular flexibility index (Phi) is 5.21. The zero-order chi connectivity index (χ0) is 15.1. The van der Waals surface area contributed by atoms with Crippen molar-refractivity contribution in [1.29, 1.82) is 0 Å². The molecule has 2 aromatic rings. The van der Waals surface area contributed by atoms with Crippen LogP contribution in [0, 0.1) is 0 Å². The van der Waals surface area contributed by atoms with Crippen LogP contribution in [0.2, 0.25) is 0 Å². The summed E-state index contributed by atoms with van der Waals surface area (Å²) in [5, 5.41) is 12.5. The summed E-state index contributed by atoms with van der Waals surface area (Å²) in [4.78, 5) is 11.8. The molecule has 0 spiro atoms. The molecule has 0 saturated heterocycles. The van der Waals surface area contributed by atoms with Crippen LogP contribution in [-0.4, -0.2) is 18.1 Å². The number of aromatic hydroxyl groups is 1. The lowest BCUT2D eigenvalue weighted by molar-refractivity contribution is -0.121. The Morgan fingerprint density at radius 2 is 1.86 bits per heavy atom. The van der Waals surface area contributed by atoms with E-state index in [4.69, 9.17) is 4.74 Å². The highest BCUT2D eigenvalue weighted by Gasteiger charge is 2.05. The normalized spacial score (nSPS) is 10.1. The fraction of sp³-hybridized carbons (Fsp3) is 0.235. The van der Waals surface area contributed by atoms with Gasteiger partial charge in [0.25, 0.3) is 0 Å². The number of aryl methyl sites for hydroxylation is 1. The maximum atomic E-state index is 11.8. The molecule has 0 aliphatic carbocycles. The van der Waals surface area contributed by atoms with Gasteiger partial charge in [0.2, 0.25) is 5.91 Å². The molecule has 2 aromatic carbocycles. The van der Waals surface area contributed by atoms with Crippen LogP contribution >= 0.6 is 0 Å². The minimum atomic E-state index is -0.0333. The van der Waals surface area contributed by atoms with Crippen molar-refractivity contribution >= 4 is 5.91 Å². The lowest BCUT2D eigenvalue weighted by atomic mass is 10.1. The fourth-order valence-corrected chi connectivity index (χ4v) is 2.00. The molecule has 0 bridgehead atoms. The number of nitrogens with one attached hydrogen (secondary N) is 1. The first-order valence-electron chi connectivity index (χ1n) is 6.85. The Hall–Kier alpha value is -2.49. The molecule has 4 heteroatoms. The summed E-state index contributed by atoms with van der Waals surface area (Å²) in [6.45, 7) is 0.490. The minimum absolute atomic E-state index is 0.0333. The predicted octanol–water partition coefficient (Wildman–Crippen LogP) is 2.65. The maximum absolute atomic E-state index is 11.8. The zero-order valence-electron chi connectivity index (χ0n) is 12.0. The number of ether oxygens (including phenoxy) is 1. The molecule has 0 radical (unpaired) electrons. The second-order valence-electron chi connectivity index (χ2n) is 4.75. The molecule has 2 rings (SSSR count). The van der Waals surface area contributed by atoms with Gasteiger partial charge in [-0.3, -0.25) is 4.79 Å². The van der Waals surface area contributed by atoms with Crippen molar-refractivity contribution in [2.24, 2.45) is 0 Å². The van der Waals surface area contributed by atoms with Crippen LogP contribution in [0.4, 0.5) is 0 Å². The maximum Gasteiger partial charge on any atom is 0.220 e. The van der Waals surface area contributed by atoms with E-state index in [0.717, 1.165) is 16.9 Å². The molecule has 0 atom stereocenters. The van der Waals surface area contributed by atoms with Gasteiger partial charge in [-0.15, -0.1) is 0 Å². The van der Waals surface area contributed by atoms with Crippen LogP contribution < -0.4 is 10.1 Å². The van der Waals surface area contributed by atoms with Crippen molar-refractivity contribution in [3.8, 4) is 11.5 Å². The highest BCUT2D eigenvalue weighted by Crippen LogP contribution is 2.17. The van der Waals surface area contributed by atoms with E-state index in [1.54, 1.807) is 19.2 Å². The van der Waals surface area contributed by atoms with E-state index in [0.29, 0.717) is 19.4 Å². The number of rotatable bonds is 6. The summed E-state index contributed by atoms with van der Waals surface area (Å²) in [5.74, 6) is 0.999. The monoisotopic (exact) mass is 285 g/mol. The molecule has 0 aromatic heterocycles. The summed E-state index contributed by atoms with van der Waals surface area (Å²) in [5.41, 5.74) is 1.81. The number of hydrogen-bond acceptors (Lipinski definition) is 3. The lowest BCUT2D eigenvalue weighted by Crippen LogP contribution is -2.22. The predicted molar refractivity (Wildman–Crippen MR) is 81.3 cm³/mol. The molecule has 0 aliphatic heterocycles. The topological polar surface area (TPSA) is 58.6 Å². The van der Waals surface area contributed by atoms with E-state index in [-0.39, 0.29) is 11.7 Å². The van der Waals surface area contributed by atoms with Crippen LogP contribution in [-0.2, 0) is 17.8 Å². The quantitative estimate of drug-likeness (QED) is 0.858. The molecule has 110 valence electrons. The minimum Gasteiger partial charge on any atom is -0.508 e. The number of carbonyl (C=O) groups excluding carboxylic acids is 1. The van der Waals surface area contributed by atoms with Crippen molar-refractivity contribution in [2.45, 2.75) is 19.4 Å². The molecule has 21 heavy (non-hydrogen) atoms. The third kappa shape index (κ3) is 4.53. The Bertz CT molecular complexity index is 593. The van der Waals surface area contributed by atoms with Crippen molar-refractivity contribution in [1.82, 2.24) is 5.32 Å². The Balaban J connectivity index is 1.78. The number of benzene rings is 2. The van der Waals surface area contributed by atoms with Gasteiger partial charge in [-0.2, -0.15) is 0 Å². The molecule has 4 nitrogen and oxygen atoms in total. The van der Waals surface area contributed by atoms with E-state index in [1.165, 1.54) is 0 Å². The largest absolute Gasteiger partial charge is 0.508 e. The van der Waals surface area contributed by atoms with Gasteiger partial charge in [0, 0.05) is 13.0 Å². The standard InChI is InChI=1S/C17H19NO3/c1-21-15-9-6-13(7-10-15)12-18-17(20)11-8-14-4-2-3-5-16(14)19/h2-7,9-10,19H,8,11-12H2,1H3,(H,18,20). The molecule has 0 fully saturated rings.